The van der Waals surface area contributed by atoms with E-state index >= 15 is 0 Å². The molecule has 1 aromatic heterocycles. The minimum absolute atomic E-state index is 0.442. The Balaban J connectivity index is 1.39. The van der Waals surface area contributed by atoms with Crippen molar-refractivity contribution in [3.05, 3.63) is 169 Å². The molecule has 0 unspecified atom stereocenters. The molecule has 9 aromatic rings. The molecule has 3 nitrogen and oxygen atoms in total. The van der Waals surface area contributed by atoms with Crippen molar-refractivity contribution in [3.8, 4) is 34.0 Å². The molecule has 9 rings (SSSR count). The van der Waals surface area contributed by atoms with Gasteiger partial charge in [-0.1, -0.05) is 127 Å². The molecular formula is C44H25N3. The van der Waals surface area contributed by atoms with Gasteiger partial charge in [0.1, 0.15) is 0 Å². The minimum Gasteiger partial charge on any atom is -0.318 e. The maximum atomic E-state index is 10.7. The Bertz CT molecular complexity index is 2670. The van der Waals surface area contributed by atoms with Crippen LogP contribution in [0.4, 0.5) is 5.69 Å². The molecule has 0 aliphatic carbocycles. The van der Waals surface area contributed by atoms with Crippen LogP contribution in [-0.2, 0) is 0 Å². The molecule has 3 heteroatoms. The van der Waals surface area contributed by atoms with Crippen molar-refractivity contribution in [2.24, 2.45) is 0 Å². The molecule has 0 amide bonds. The summed E-state index contributed by atoms with van der Waals surface area (Å²) in [7, 11) is 0. The molecule has 1 heterocycles. The summed E-state index contributed by atoms with van der Waals surface area (Å²) in [6, 6.07) is 54.9. The van der Waals surface area contributed by atoms with E-state index in [1.807, 2.05) is 36.4 Å². The first-order valence-corrected chi connectivity index (χ1v) is 15.6. The van der Waals surface area contributed by atoms with E-state index in [1.165, 1.54) is 21.9 Å². The van der Waals surface area contributed by atoms with Crippen molar-refractivity contribution >= 4 is 59.8 Å². The zero-order valence-corrected chi connectivity index (χ0v) is 25.3. The fourth-order valence-corrected chi connectivity index (χ4v) is 7.51. The van der Waals surface area contributed by atoms with Crippen molar-refractivity contribution < 1.29 is 0 Å². The van der Waals surface area contributed by atoms with Gasteiger partial charge in [-0.15, -0.1) is 0 Å². The summed E-state index contributed by atoms with van der Waals surface area (Å²) < 4.78 is 2.08. The maximum Gasteiger partial charge on any atom is 0.212 e. The van der Waals surface area contributed by atoms with E-state index in [9.17, 15) is 5.26 Å². The molecule has 0 atom stereocenters. The van der Waals surface area contributed by atoms with Crippen molar-refractivity contribution in [2.75, 3.05) is 0 Å². The van der Waals surface area contributed by atoms with Crippen LogP contribution in [0.15, 0.2) is 152 Å². The number of rotatable bonds is 3. The third-order valence-corrected chi connectivity index (χ3v) is 9.41. The Morgan fingerprint density at radius 1 is 0.511 bits per heavy atom. The molecule has 47 heavy (non-hydrogen) atoms. The second kappa shape index (κ2) is 10.5. The lowest BCUT2D eigenvalue weighted by atomic mass is 9.84. The molecular weight excluding hydrogens is 571 g/mol. The number of hydrogen-bond donors (Lipinski definition) is 0. The lowest BCUT2D eigenvalue weighted by molar-refractivity contribution is 1.17. The third kappa shape index (κ3) is 3.91. The quantitative estimate of drug-likeness (QED) is 0.148. The molecule has 0 spiro atoms. The number of nitriles is 1. The van der Waals surface area contributed by atoms with Crippen LogP contribution in [0.1, 0.15) is 5.56 Å². The zero-order valence-electron chi connectivity index (χ0n) is 25.3. The van der Waals surface area contributed by atoms with Gasteiger partial charge >= 0.3 is 0 Å². The number of benzene rings is 8. The van der Waals surface area contributed by atoms with E-state index in [1.54, 1.807) is 0 Å². The van der Waals surface area contributed by atoms with Gasteiger partial charge in [0.2, 0.25) is 5.69 Å². The zero-order chi connectivity index (χ0) is 31.5. The van der Waals surface area contributed by atoms with Crippen LogP contribution < -0.4 is 0 Å². The molecule has 0 radical (unpaired) electrons. The molecule has 0 N–H and O–H groups in total. The summed E-state index contributed by atoms with van der Waals surface area (Å²) in [5.74, 6) is 0. The van der Waals surface area contributed by atoms with Gasteiger partial charge in [-0.2, -0.15) is 5.26 Å². The SMILES string of the molecule is [C-]#[N+]c1cc(-c2c3ccccc3c(-c3cccc4ccccc34)c3ccccc23)cc(C#N)c1-n1c2ccccc2c2ccccc21. The number of aromatic nitrogens is 1. The summed E-state index contributed by atoms with van der Waals surface area (Å²) in [5, 5.41) is 19.7. The van der Waals surface area contributed by atoms with E-state index in [2.05, 4.69) is 131 Å². The second-order valence-electron chi connectivity index (χ2n) is 11.9. The lowest BCUT2D eigenvalue weighted by Gasteiger charge is -2.20. The summed E-state index contributed by atoms with van der Waals surface area (Å²) in [6.45, 7) is 8.39. The first-order valence-electron chi connectivity index (χ1n) is 15.6. The third-order valence-electron chi connectivity index (χ3n) is 9.41. The Kier molecular flexibility index (Phi) is 5.94. The van der Waals surface area contributed by atoms with E-state index in [0.29, 0.717) is 16.9 Å². The molecule has 0 aliphatic heterocycles. The van der Waals surface area contributed by atoms with Crippen LogP contribution in [0.3, 0.4) is 0 Å². The summed E-state index contributed by atoms with van der Waals surface area (Å²) in [5.41, 5.74) is 7.71. The number of fused-ring (bicyclic) bond motifs is 6. The number of para-hydroxylation sites is 2. The highest BCUT2D eigenvalue weighted by Crippen LogP contribution is 2.47. The van der Waals surface area contributed by atoms with E-state index in [-0.39, 0.29) is 0 Å². The smallest absolute Gasteiger partial charge is 0.212 e. The highest BCUT2D eigenvalue weighted by molar-refractivity contribution is 6.23. The first-order chi connectivity index (χ1) is 23.3. The predicted molar refractivity (Wildman–Crippen MR) is 195 cm³/mol. The normalized spacial score (nSPS) is 11.4. The molecule has 0 aliphatic rings. The first kappa shape index (κ1) is 26.7. The Labute approximate surface area is 271 Å². The topological polar surface area (TPSA) is 33.1 Å². The molecule has 216 valence electrons. The van der Waals surface area contributed by atoms with Crippen molar-refractivity contribution in [2.45, 2.75) is 0 Å². The van der Waals surface area contributed by atoms with E-state index in [4.69, 9.17) is 6.57 Å². The van der Waals surface area contributed by atoms with Crippen molar-refractivity contribution in [1.29, 1.82) is 5.26 Å². The van der Waals surface area contributed by atoms with Gasteiger partial charge in [0.15, 0.2) is 0 Å². The van der Waals surface area contributed by atoms with Crippen molar-refractivity contribution in [3.63, 3.8) is 0 Å². The highest BCUT2D eigenvalue weighted by Gasteiger charge is 2.22. The standard InChI is InChI=1S/C44H25N3/c1-46-39-26-29(25-30(27-45)44(39)47-40-23-10-8-16-32(40)33-17-9-11-24-41(33)47)42-35-18-4-6-20-37(35)43(38-21-7-5-19-36(38)42)34-22-12-14-28-13-2-3-15-31(28)34/h2-26H. The molecule has 0 saturated heterocycles. The Hall–Kier alpha value is -6.68. The van der Waals surface area contributed by atoms with Crippen LogP contribution in [0.2, 0.25) is 0 Å². The fraction of sp³-hybridized carbons (Fsp3) is 0. The predicted octanol–water partition coefficient (Wildman–Crippen LogP) is 12.0. The van der Waals surface area contributed by atoms with Gasteiger partial charge in [0, 0.05) is 10.8 Å². The number of hydrogen-bond acceptors (Lipinski definition) is 1. The molecule has 0 bridgehead atoms. The van der Waals surface area contributed by atoms with E-state index in [0.717, 1.165) is 54.5 Å². The average molecular weight is 596 g/mol. The summed E-state index contributed by atoms with van der Waals surface area (Å²) in [6.07, 6.45) is 0. The maximum absolute atomic E-state index is 10.7. The van der Waals surface area contributed by atoms with Crippen LogP contribution >= 0.6 is 0 Å². The van der Waals surface area contributed by atoms with Gasteiger partial charge in [-0.25, -0.2) is 4.85 Å². The average Bonchev–Trinajstić information content (AvgIpc) is 3.47. The second-order valence-corrected chi connectivity index (χ2v) is 11.9. The fourth-order valence-electron chi connectivity index (χ4n) is 7.51. The van der Waals surface area contributed by atoms with Gasteiger partial charge in [-0.3, -0.25) is 0 Å². The minimum atomic E-state index is 0.442. The molecule has 0 saturated carbocycles. The van der Waals surface area contributed by atoms with Crippen LogP contribution in [0.5, 0.6) is 0 Å². The molecule has 0 fully saturated rings. The van der Waals surface area contributed by atoms with E-state index < -0.39 is 0 Å². The van der Waals surface area contributed by atoms with Gasteiger partial charge in [0.25, 0.3) is 0 Å². The number of nitrogens with zero attached hydrogens (tertiary/aromatic N) is 3. The Morgan fingerprint density at radius 3 is 1.57 bits per heavy atom. The van der Waals surface area contributed by atoms with Gasteiger partial charge in [0.05, 0.1) is 34.9 Å². The molecule has 8 aromatic carbocycles. The summed E-state index contributed by atoms with van der Waals surface area (Å²) >= 11 is 0. The highest BCUT2D eigenvalue weighted by atomic mass is 15.0. The van der Waals surface area contributed by atoms with Gasteiger partial charge < -0.3 is 4.57 Å². The Morgan fingerprint density at radius 2 is 1.00 bits per heavy atom. The van der Waals surface area contributed by atoms with Crippen LogP contribution in [0.25, 0.3) is 86.9 Å². The van der Waals surface area contributed by atoms with Crippen LogP contribution in [0, 0.1) is 17.9 Å². The summed E-state index contributed by atoms with van der Waals surface area (Å²) in [4.78, 5) is 4.07. The van der Waals surface area contributed by atoms with Crippen LogP contribution in [-0.4, -0.2) is 4.57 Å². The van der Waals surface area contributed by atoms with Crippen molar-refractivity contribution in [1.82, 2.24) is 4.57 Å². The monoisotopic (exact) mass is 595 g/mol. The largest absolute Gasteiger partial charge is 0.318 e. The lowest BCUT2D eigenvalue weighted by Crippen LogP contribution is -1.99. The van der Waals surface area contributed by atoms with Gasteiger partial charge in [-0.05, 0) is 78.8 Å².